The predicted molar refractivity (Wildman–Crippen MR) is 111 cm³/mol. The maximum atomic E-state index is 11.9. The van der Waals surface area contributed by atoms with Crippen LogP contribution in [0.2, 0.25) is 0 Å². The second-order valence-corrected chi connectivity index (χ2v) is 9.38. The number of likely N-dealkylation sites (tertiary alicyclic amines) is 1. The topological polar surface area (TPSA) is 103 Å². The average molecular weight is 503 g/mol. The Hall–Kier alpha value is -0.820. The zero-order valence-electron chi connectivity index (χ0n) is 15.8. The van der Waals surface area contributed by atoms with Gasteiger partial charge in [0.05, 0.1) is 11.8 Å². The zero-order valence-corrected chi connectivity index (χ0v) is 19.0. The molecule has 1 amide bonds. The molecule has 0 aliphatic carbocycles. The lowest BCUT2D eigenvalue weighted by atomic mass is 10.1. The Kier molecular flexibility index (Phi) is 8.39. The van der Waals surface area contributed by atoms with Gasteiger partial charge in [-0.05, 0) is 27.2 Å². The first-order chi connectivity index (χ1) is 11.6. The Morgan fingerprint density at radius 1 is 1.31 bits per heavy atom. The number of amides is 1. The molecule has 0 aromatic rings. The van der Waals surface area contributed by atoms with Gasteiger partial charge in [-0.1, -0.05) is 0 Å². The van der Waals surface area contributed by atoms with Gasteiger partial charge in [-0.3, -0.25) is 4.99 Å². The number of guanidine groups is 1. The van der Waals surface area contributed by atoms with Crippen LogP contribution in [0.3, 0.4) is 0 Å². The number of carbonyl (C=O) groups is 1. The third-order valence-electron chi connectivity index (χ3n) is 3.95. The third kappa shape index (κ3) is 6.72. The van der Waals surface area contributed by atoms with Crippen molar-refractivity contribution in [3.63, 3.8) is 0 Å². The molecule has 0 radical (unpaired) electrons. The summed E-state index contributed by atoms with van der Waals surface area (Å²) in [5, 5.41) is 6.33. The van der Waals surface area contributed by atoms with Crippen molar-refractivity contribution in [3.05, 3.63) is 0 Å². The normalized spacial score (nSPS) is 20.9. The molecule has 2 aliphatic heterocycles. The number of rotatable bonds is 4. The van der Waals surface area contributed by atoms with Crippen molar-refractivity contribution in [1.29, 1.82) is 0 Å². The second-order valence-electron chi connectivity index (χ2n) is 7.29. The number of hydrogen-bond acceptors (Lipinski definition) is 5. The van der Waals surface area contributed by atoms with Crippen LogP contribution in [0.25, 0.3) is 0 Å². The summed E-state index contributed by atoms with van der Waals surface area (Å²) in [6, 6.07) is 0.106. The Morgan fingerprint density at radius 2 is 1.96 bits per heavy atom. The highest BCUT2D eigenvalue weighted by molar-refractivity contribution is 14.0. The Balaban J connectivity index is 0.00000338. The van der Waals surface area contributed by atoms with E-state index >= 15 is 0 Å². The summed E-state index contributed by atoms with van der Waals surface area (Å²) in [6.07, 6.45) is 0.380. The molecule has 0 bridgehead atoms. The van der Waals surface area contributed by atoms with Crippen molar-refractivity contribution in [2.45, 2.75) is 38.8 Å². The van der Waals surface area contributed by atoms with Gasteiger partial charge in [0.25, 0.3) is 0 Å². The minimum Gasteiger partial charge on any atom is -0.444 e. The van der Waals surface area contributed by atoms with Crippen molar-refractivity contribution in [1.82, 2.24) is 19.8 Å². The fourth-order valence-corrected chi connectivity index (χ4v) is 4.20. The minimum absolute atomic E-state index is 0. The molecule has 0 saturated carbocycles. The zero-order chi connectivity index (χ0) is 18.7. The van der Waals surface area contributed by atoms with E-state index in [-0.39, 0.29) is 41.9 Å². The molecule has 0 unspecified atom stereocenters. The third-order valence-corrected chi connectivity index (χ3v) is 5.91. The largest absolute Gasteiger partial charge is 0.444 e. The summed E-state index contributed by atoms with van der Waals surface area (Å²) in [5.41, 5.74) is -0.497. The highest BCUT2D eigenvalue weighted by atomic mass is 127. The molecule has 2 N–H and O–H groups in total. The van der Waals surface area contributed by atoms with Crippen molar-refractivity contribution in [2.24, 2.45) is 4.99 Å². The molecule has 0 atom stereocenters. The lowest BCUT2D eigenvalue weighted by Crippen LogP contribution is -2.63. The number of carbonyl (C=O) groups excluding carboxylic acids is 1. The van der Waals surface area contributed by atoms with Crippen LogP contribution in [-0.2, 0) is 14.8 Å². The lowest BCUT2D eigenvalue weighted by Gasteiger charge is -2.40. The van der Waals surface area contributed by atoms with Crippen LogP contribution >= 0.6 is 24.0 Å². The maximum absolute atomic E-state index is 11.9. The summed E-state index contributed by atoms with van der Waals surface area (Å²) >= 11 is 0. The van der Waals surface area contributed by atoms with Crippen molar-refractivity contribution in [3.8, 4) is 0 Å². The summed E-state index contributed by atoms with van der Waals surface area (Å²) in [6.45, 7) is 8.13. The SMILES string of the molecule is CN=C(NCCN1CCCS1(=O)=O)NC1CN(C(=O)OC(C)(C)C)C1.I. The minimum atomic E-state index is -3.07. The lowest BCUT2D eigenvalue weighted by molar-refractivity contribution is 0.00701. The van der Waals surface area contributed by atoms with Gasteiger partial charge in [-0.2, -0.15) is 0 Å². The summed E-state index contributed by atoms with van der Waals surface area (Å²) in [7, 11) is -1.41. The monoisotopic (exact) mass is 503 g/mol. The molecule has 0 aromatic carbocycles. The number of nitrogens with zero attached hydrogens (tertiary/aromatic N) is 3. The standard InChI is InChI=1S/C15H29N5O4S.HI/c1-15(2,3)24-14(21)19-10-12(11-19)18-13(16-4)17-6-8-20-7-5-9-25(20,22)23;/h12H,5-11H2,1-4H3,(H2,16,17,18);1H. The molecule has 0 spiro atoms. The molecule has 152 valence electrons. The summed E-state index contributed by atoms with van der Waals surface area (Å²) in [5.74, 6) is 0.841. The average Bonchev–Trinajstić information content (AvgIpc) is 2.77. The summed E-state index contributed by atoms with van der Waals surface area (Å²) in [4.78, 5) is 17.7. The first-order valence-electron chi connectivity index (χ1n) is 8.54. The molecular weight excluding hydrogens is 473 g/mol. The van der Waals surface area contributed by atoms with Crippen LogP contribution in [0.1, 0.15) is 27.2 Å². The fraction of sp³-hybridized carbons (Fsp3) is 0.867. The van der Waals surface area contributed by atoms with Crippen LogP contribution < -0.4 is 10.6 Å². The smallest absolute Gasteiger partial charge is 0.410 e. The maximum Gasteiger partial charge on any atom is 0.410 e. The molecule has 2 rings (SSSR count). The molecule has 2 fully saturated rings. The van der Waals surface area contributed by atoms with E-state index in [1.807, 2.05) is 20.8 Å². The summed E-state index contributed by atoms with van der Waals surface area (Å²) < 4.78 is 30.3. The van der Waals surface area contributed by atoms with Gasteiger partial charge in [0, 0.05) is 39.8 Å². The molecule has 9 nitrogen and oxygen atoms in total. The molecule has 2 aliphatic rings. The number of aliphatic imine (C=N–C) groups is 1. The second kappa shape index (κ2) is 9.40. The van der Waals surface area contributed by atoms with Gasteiger partial charge in [0.2, 0.25) is 10.0 Å². The van der Waals surface area contributed by atoms with E-state index in [2.05, 4.69) is 15.6 Å². The first-order valence-corrected chi connectivity index (χ1v) is 10.1. The number of halogens is 1. The predicted octanol–water partition coefficient (Wildman–Crippen LogP) is 0.424. The van der Waals surface area contributed by atoms with E-state index in [1.54, 1.807) is 11.9 Å². The van der Waals surface area contributed by atoms with Crippen LogP contribution in [0.4, 0.5) is 4.79 Å². The van der Waals surface area contributed by atoms with Gasteiger partial charge >= 0.3 is 6.09 Å². The van der Waals surface area contributed by atoms with E-state index in [0.717, 1.165) is 0 Å². The van der Waals surface area contributed by atoms with E-state index in [4.69, 9.17) is 4.74 Å². The molecule has 2 heterocycles. The molecular formula is C15H30IN5O4S. The van der Waals surface area contributed by atoms with E-state index in [0.29, 0.717) is 45.1 Å². The number of ether oxygens (including phenoxy) is 1. The molecule has 2 saturated heterocycles. The number of nitrogens with one attached hydrogen (secondary N) is 2. The quantitative estimate of drug-likeness (QED) is 0.328. The molecule has 26 heavy (non-hydrogen) atoms. The highest BCUT2D eigenvalue weighted by Gasteiger charge is 2.34. The van der Waals surface area contributed by atoms with E-state index < -0.39 is 15.6 Å². The Morgan fingerprint density at radius 3 is 2.46 bits per heavy atom. The van der Waals surface area contributed by atoms with Crippen LogP contribution in [0.5, 0.6) is 0 Å². The Labute approximate surface area is 173 Å². The van der Waals surface area contributed by atoms with Gasteiger partial charge in [-0.15, -0.1) is 24.0 Å². The highest BCUT2D eigenvalue weighted by Crippen LogP contribution is 2.15. The van der Waals surface area contributed by atoms with Crippen LogP contribution in [0, 0.1) is 0 Å². The molecule has 0 aromatic heterocycles. The van der Waals surface area contributed by atoms with Gasteiger partial charge in [0.1, 0.15) is 5.60 Å². The van der Waals surface area contributed by atoms with E-state index in [9.17, 15) is 13.2 Å². The molecule has 11 heteroatoms. The van der Waals surface area contributed by atoms with Crippen molar-refractivity contribution >= 4 is 46.1 Å². The van der Waals surface area contributed by atoms with Gasteiger partial charge in [-0.25, -0.2) is 17.5 Å². The first kappa shape index (κ1) is 23.2. The van der Waals surface area contributed by atoms with Crippen molar-refractivity contribution in [2.75, 3.05) is 45.5 Å². The number of hydrogen-bond donors (Lipinski definition) is 2. The van der Waals surface area contributed by atoms with E-state index in [1.165, 1.54) is 4.31 Å². The Bertz CT molecular complexity index is 614. The van der Waals surface area contributed by atoms with Gasteiger partial charge in [0.15, 0.2) is 5.96 Å². The van der Waals surface area contributed by atoms with Crippen LogP contribution in [0.15, 0.2) is 4.99 Å². The van der Waals surface area contributed by atoms with Gasteiger partial charge < -0.3 is 20.3 Å². The fourth-order valence-electron chi connectivity index (χ4n) is 2.67. The van der Waals surface area contributed by atoms with Crippen molar-refractivity contribution < 1.29 is 17.9 Å². The number of sulfonamides is 1. The van der Waals surface area contributed by atoms with Crippen LogP contribution in [-0.4, -0.2) is 86.8 Å².